The lowest BCUT2D eigenvalue weighted by molar-refractivity contribution is 0.242. The fourth-order valence-corrected chi connectivity index (χ4v) is 2.19. The Morgan fingerprint density at radius 3 is 2.43 bits per heavy atom. The van der Waals surface area contributed by atoms with Crippen molar-refractivity contribution >= 4 is 21.6 Å². The minimum absolute atomic E-state index is 0.116. The van der Waals surface area contributed by atoms with Crippen molar-refractivity contribution in [3.63, 3.8) is 0 Å². The summed E-state index contributed by atoms with van der Waals surface area (Å²) in [5.74, 6) is 1.60. The van der Waals surface area contributed by atoms with Gasteiger partial charge in [0.2, 0.25) is 0 Å². The van der Waals surface area contributed by atoms with Crippen molar-refractivity contribution in [3.8, 4) is 11.5 Å². The van der Waals surface area contributed by atoms with E-state index in [4.69, 9.17) is 9.47 Å². The van der Waals surface area contributed by atoms with Gasteiger partial charge in [-0.3, -0.25) is 0 Å². The van der Waals surface area contributed by atoms with Crippen LogP contribution < -0.4 is 14.8 Å². The van der Waals surface area contributed by atoms with Crippen molar-refractivity contribution in [1.82, 2.24) is 0 Å². The predicted octanol–water partition coefficient (Wildman–Crippen LogP) is 4.86. The third kappa shape index (κ3) is 4.67. The van der Waals surface area contributed by atoms with Crippen LogP contribution in [-0.2, 0) is 6.54 Å². The van der Waals surface area contributed by atoms with Crippen LogP contribution in [0.5, 0.6) is 11.5 Å². The summed E-state index contributed by atoms with van der Waals surface area (Å²) in [6.07, 6.45) is 0.116. The minimum atomic E-state index is 0.116. The zero-order valence-electron chi connectivity index (χ0n) is 12.5. The van der Waals surface area contributed by atoms with Crippen molar-refractivity contribution in [2.24, 2.45) is 0 Å². The van der Waals surface area contributed by atoms with Gasteiger partial charge in [0.1, 0.15) is 11.5 Å². The number of methoxy groups -OCH3 is 1. The van der Waals surface area contributed by atoms with Crippen LogP contribution in [0.4, 0.5) is 5.69 Å². The van der Waals surface area contributed by atoms with Gasteiger partial charge in [0.15, 0.2) is 0 Å². The lowest BCUT2D eigenvalue weighted by Gasteiger charge is -2.16. The van der Waals surface area contributed by atoms with Crippen molar-refractivity contribution in [2.45, 2.75) is 26.5 Å². The summed E-state index contributed by atoms with van der Waals surface area (Å²) in [5, 5.41) is 3.41. The fraction of sp³-hybridized carbons (Fsp3) is 0.294. The van der Waals surface area contributed by atoms with Gasteiger partial charge in [-0.15, -0.1) is 0 Å². The van der Waals surface area contributed by atoms with Crippen LogP contribution in [-0.4, -0.2) is 13.2 Å². The highest BCUT2D eigenvalue weighted by Gasteiger charge is 2.07. The first-order chi connectivity index (χ1) is 10.1. The number of hydrogen-bond donors (Lipinski definition) is 1. The monoisotopic (exact) mass is 349 g/mol. The second-order valence-electron chi connectivity index (χ2n) is 5.01. The number of benzene rings is 2. The van der Waals surface area contributed by atoms with E-state index in [2.05, 4.69) is 33.4 Å². The topological polar surface area (TPSA) is 30.5 Å². The average molecular weight is 350 g/mol. The summed E-state index contributed by atoms with van der Waals surface area (Å²) in [6.45, 7) is 4.77. The van der Waals surface area contributed by atoms with E-state index in [-0.39, 0.29) is 6.10 Å². The van der Waals surface area contributed by atoms with Crippen molar-refractivity contribution in [2.75, 3.05) is 12.4 Å². The van der Waals surface area contributed by atoms with Gasteiger partial charge in [-0.2, -0.15) is 0 Å². The highest BCUT2D eigenvalue weighted by Crippen LogP contribution is 2.30. The molecule has 112 valence electrons. The SMILES string of the molecule is COc1ccc(NCc2ccc(Br)cc2)c(OC(C)C)c1. The largest absolute Gasteiger partial charge is 0.497 e. The Balaban J connectivity index is 2.12. The first-order valence-electron chi connectivity index (χ1n) is 6.91. The molecule has 0 bridgehead atoms. The lowest BCUT2D eigenvalue weighted by Crippen LogP contribution is -2.09. The Morgan fingerprint density at radius 2 is 1.81 bits per heavy atom. The first kappa shape index (κ1) is 15.7. The van der Waals surface area contributed by atoms with E-state index >= 15 is 0 Å². The molecule has 0 aliphatic heterocycles. The van der Waals surface area contributed by atoms with Crippen molar-refractivity contribution in [3.05, 3.63) is 52.5 Å². The molecule has 0 amide bonds. The van der Waals surface area contributed by atoms with E-state index in [0.717, 1.165) is 28.2 Å². The molecule has 0 saturated heterocycles. The number of ether oxygens (including phenoxy) is 2. The number of hydrogen-bond acceptors (Lipinski definition) is 3. The van der Waals surface area contributed by atoms with Crippen molar-refractivity contribution in [1.29, 1.82) is 0 Å². The molecular formula is C17H20BrNO2. The molecule has 0 heterocycles. The minimum Gasteiger partial charge on any atom is -0.497 e. The second-order valence-corrected chi connectivity index (χ2v) is 5.92. The molecule has 0 radical (unpaired) electrons. The van der Waals surface area contributed by atoms with Crippen LogP contribution in [0.1, 0.15) is 19.4 Å². The Bertz CT molecular complexity index is 582. The van der Waals surface area contributed by atoms with Crippen LogP contribution >= 0.6 is 15.9 Å². The maximum atomic E-state index is 5.85. The van der Waals surface area contributed by atoms with E-state index in [9.17, 15) is 0 Å². The highest BCUT2D eigenvalue weighted by molar-refractivity contribution is 9.10. The van der Waals surface area contributed by atoms with Crippen LogP contribution in [0.15, 0.2) is 46.9 Å². The zero-order valence-corrected chi connectivity index (χ0v) is 14.1. The number of nitrogens with one attached hydrogen (secondary N) is 1. The van der Waals surface area contributed by atoms with Crippen molar-refractivity contribution < 1.29 is 9.47 Å². The zero-order chi connectivity index (χ0) is 15.2. The molecule has 3 nitrogen and oxygen atoms in total. The van der Waals surface area contributed by atoms with E-state index in [1.165, 1.54) is 5.56 Å². The average Bonchev–Trinajstić information content (AvgIpc) is 2.47. The molecule has 0 fully saturated rings. The molecule has 2 aromatic carbocycles. The number of rotatable bonds is 6. The van der Waals surface area contributed by atoms with Gasteiger partial charge in [0.05, 0.1) is 18.9 Å². The summed E-state index contributed by atoms with van der Waals surface area (Å²) in [6, 6.07) is 14.1. The molecule has 0 aliphatic rings. The van der Waals surface area contributed by atoms with Gasteiger partial charge < -0.3 is 14.8 Å². The molecule has 21 heavy (non-hydrogen) atoms. The molecular weight excluding hydrogens is 330 g/mol. The summed E-state index contributed by atoms with van der Waals surface area (Å²) >= 11 is 3.44. The highest BCUT2D eigenvalue weighted by atomic mass is 79.9. The molecule has 4 heteroatoms. The maximum Gasteiger partial charge on any atom is 0.146 e. The third-order valence-electron chi connectivity index (χ3n) is 2.95. The van der Waals surface area contributed by atoms with Gasteiger partial charge in [-0.05, 0) is 43.7 Å². The Labute approximate surface area is 134 Å². The smallest absolute Gasteiger partial charge is 0.146 e. The second kappa shape index (κ2) is 7.36. The van der Waals surface area contributed by atoms with E-state index in [1.54, 1.807) is 7.11 Å². The Morgan fingerprint density at radius 1 is 1.10 bits per heavy atom. The summed E-state index contributed by atoms with van der Waals surface area (Å²) in [5.41, 5.74) is 2.18. The third-order valence-corrected chi connectivity index (χ3v) is 3.48. The lowest BCUT2D eigenvalue weighted by atomic mass is 10.2. The Hall–Kier alpha value is -1.68. The number of anilines is 1. The normalized spacial score (nSPS) is 10.5. The molecule has 0 saturated carbocycles. The first-order valence-corrected chi connectivity index (χ1v) is 7.71. The van der Waals surface area contributed by atoms with Gasteiger partial charge >= 0.3 is 0 Å². The van der Waals surface area contributed by atoms with E-state index in [0.29, 0.717) is 0 Å². The molecule has 1 N–H and O–H groups in total. The molecule has 2 aromatic rings. The molecule has 2 rings (SSSR count). The molecule has 0 aromatic heterocycles. The van der Waals surface area contributed by atoms with E-state index in [1.807, 2.05) is 44.2 Å². The van der Waals surface area contributed by atoms with E-state index < -0.39 is 0 Å². The van der Waals surface area contributed by atoms with Gasteiger partial charge in [0, 0.05) is 17.1 Å². The van der Waals surface area contributed by atoms with Gasteiger partial charge in [0.25, 0.3) is 0 Å². The van der Waals surface area contributed by atoms with Crippen LogP contribution in [0, 0.1) is 0 Å². The fourth-order valence-electron chi connectivity index (χ4n) is 1.93. The van der Waals surface area contributed by atoms with Gasteiger partial charge in [-0.1, -0.05) is 28.1 Å². The molecule has 0 atom stereocenters. The van der Waals surface area contributed by atoms with Gasteiger partial charge in [-0.25, -0.2) is 0 Å². The van der Waals surface area contributed by atoms with Crippen LogP contribution in [0.3, 0.4) is 0 Å². The van der Waals surface area contributed by atoms with Crippen LogP contribution in [0.25, 0.3) is 0 Å². The molecule has 0 unspecified atom stereocenters. The van der Waals surface area contributed by atoms with Crippen LogP contribution in [0.2, 0.25) is 0 Å². The molecule has 0 aliphatic carbocycles. The summed E-state index contributed by atoms with van der Waals surface area (Å²) in [7, 11) is 1.66. The standard InChI is InChI=1S/C17H20BrNO2/c1-12(2)21-17-10-15(20-3)8-9-16(17)19-11-13-4-6-14(18)7-5-13/h4-10,12,19H,11H2,1-3H3. The summed E-state index contributed by atoms with van der Waals surface area (Å²) < 4.78 is 12.2. The maximum absolute atomic E-state index is 5.85. The Kier molecular flexibility index (Phi) is 5.51. The summed E-state index contributed by atoms with van der Waals surface area (Å²) in [4.78, 5) is 0. The number of halogens is 1. The quantitative estimate of drug-likeness (QED) is 0.807. The predicted molar refractivity (Wildman–Crippen MR) is 90.2 cm³/mol. The molecule has 0 spiro atoms.